The second-order valence-electron chi connectivity index (χ2n) is 4.68. The molecule has 1 aromatic carbocycles. The molecule has 0 saturated heterocycles. The van der Waals surface area contributed by atoms with E-state index in [0.29, 0.717) is 18.7 Å². The molecule has 0 aliphatic heterocycles. The molecule has 22 heavy (non-hydrogen) atoms. The van der Waals surface area contributed by atoms with E-state index >= 15 is 0 Å². The Morgan fingerprint density at radius 1 is 1.18 bits per heavy atom. The van der Waals surface area contributed by atoms with Gasteiger partial charge in [-0.3, -0.25) is 9.59 Å². The van der Waals surface area contributed by atoms with E-state index in [4.69, 9.17) is 5.11 Å². The zero-order valence-electron chi connectivity index (χ0n) is 12.7. The van der Waals surface area contributed by atoms with Crippen molar-refractivity contribution in [3.63, 3.8) is 0 Å². The maximum atomic E-state index is 12.1. The number of sulfonamides is 1. The fourth-order valence-electron chi connectivity index (χ4n) is 1.82. The van der Waals surface area contributed by atoms with Crippen LogP contribution in [0.25, 0.3) is 0 Å². The van der Waals surface area contributed by atoms with Crippen molar-refractivity contribution in [3.8, 4) is 0 Å². The van der Waals surface area contributed by atoms with Crippen LogP contribution in [0.15, 0.2) is 29.2 Å². The van der Waals surface area contributed by atoms with Crippen molar-refractivity contribution < 1.29 is 23.1 Å². The predicted molar refractivity (Wildman–Crippen MR) is 81.1 cm³/mol. The van der Waals surface area contributed by atoms with E-state index in [9.17, 15) is 18.0 Å². The molecule has 0 unspecified atom stereocenters. The summed E-state index contributed by atoms with van der Waals surface area (Å²) in [6, 6.07) is 4.17. The normalized spacial score (nSPS) is 12.7. The van der Waals surface area contributed by atoms with E-state index in [1.807, 2.05) is 18.6 Å². The highest BCUT2D eigenvalue weighted by molar-refractivity contribution is 7.89. The van der Waals surface area contributed by atoms with Crippen LogP contribution in [0.1, 0.15) is 31.1 Å². The summed E-state index contributed by atoms with van der Waals surface area (Å²) in [5, 5.41) is 8.75. The first kappa shape index (κ1) is 18.1. The molecular weight excluding hydrogens is 308 g/mol. The van der Waals surface area contributed by atoms with Gasteiger partial charge < -0.3 is 10.0 Å². The van der Waals surface area contributed by atoms with Crippen LogP contribution >= 0.6 is 0 Å². The van der Waals surface area contributed by atoms with Crippen molar-refractivity contribution in [3.05, 3.63) is 29.8 Å². The zero-order valence-corrected chi connectivity index (χ0v) is 13.6. The van der Waals surface area contributed by atoms with E-state index in [-0.39, 0.29) is 10.8 Å². The lowest BCUT2D eigenvalue weighted by atomic mass is 10.2. The number of rotatable bonds is 7. The molecule has 0 aliphatic rings. The van der Waals surface area contributed by atoms with E-state index < -0.39 is 22.0 Å². The smallest absolute Gasteiger partial charge is 0.321 e. The van der Waals surface area contributed by atoms with Crippen LogP contribution in [-0.2, 0) is 14.8 Å². The van der Waals surface area contributed by atoms with Gasteiger partial charge in [-0.15, -0.1) is 0 Å². The molecule has 0 radical (unpaired) electrons. The average Bonchev–Trinajstić information content (AvgIpc) is 2.48. The highest BCUT2D eigenvalue weighted by Crippen LogP contribution is 2.13. The van der Waals surface area contributed by atoms with Gasteiger partial charge in [-0.25, -0.2) is 8.42 Å². The molecular formula is C14H20N2O5S. The highest BCUT2D eigenvalue weighted by Gasteiger charge is 2.22. The minimum Gasteiger partial charge on any atom is -0.480 e. The SMILES string of the molecule is CCN(CC)C(=O)c1ccc(S(=O)(=O)N[C@H](C)C(=O)O)cc1. The molecule has 0 bridgehead atoms. The number of carbonyl (C=O) groups excluding carboxylic acids is 1. The molecule has 1 amide bonds. The minimum atomic E-state index is -3.93. The van der Waals surface area contributed by atoms with E-state index in [1.165, 1.54) is 31.2 Å². The second kappa shape index (κ2) is 7.37. The second-order valence-corrected chi connectivity index (χ2v) is 6.40. The Hall–Kier alpha value is -1.93. The fraction of sp³-hybridized carbons (Fsp3) is 0.429. The van der Waals surface area contributed by atoms with Crippen molar-refractivity contribution in [1.82, 2.24) is 9.62 Å². The summed E-state index contributed by atoms with van der Waals surface area (Å²) in [7, 11) is -3.93. The minimum absolute atomic E-state index is 0.0864. The van der Waals surface area contributed by atoms with Gasteiger partial charge in [-0.05, 0) is 45.0 Å². The van der Waals surface area contributed by atoms with Crippen LogP contribution in [0.2, 0.25) is 0 Å². The number of carboxylic acid groups (broad SMARTS) is 1. The Balaban J connectivity index is 2.97. The maximum absolute atomic E-state index is 12.1. The molecule has 1 atom stereocenters. The monoisotopic (exact) mass is 328 g/mol. The van der Waals surface area contributed by atoms with E-state index in [0.717, 1.165) is 0 Å². The molecule has 1 aromatic rings. The summed E-state index contributed by atoms with van der Waals surface area (Å²) in [6.45, 7) is 6.08. The van der Waals surface area contributed by atoms with Crippen molar-refractivity contribution in [2.75, 3.05) is 13.1 Å². The molecule has 1 rings (SSSR count). The molecule has 8 heteroatoms. The molecule has 0 heterocycles. The molecule has 122 valence electrons. The lowest BCUT2D eigenvalue weighted by Gasteiger charge is -2.18. The third kappa shape index (κ3) is 4.28. The maximum Gasteiger partial charge on any atom is 0.321 e. The van der Waals surface area contributed by atoms with Gasteiger partial charge in [0.25, 0.3) is 5.91 Å². The highest BCUT2D eigenvalue weighted by atomic mass is 32.2. The first-order valence-corrected chi connectivity index (χ1v) is 8.35. The largest absolute Gasteiger partial charge is 0.480 e. The Morgan fingerprint density at radius 3 is 2.09 bits per heavy atom. The number of nitrogens with one attached hydrogen (secondary N) is 1. The van der Waals surface area contributed by atoms with Crippen LogP contribution < -0.4 is 4.72 Å². The average molecular weight is 328 g/mol. The van der Waals surface area contributed by atoms with Crippen LogP contribution in [0.3, 0.4) is 0 Å². The third-order valence-electron chi connectivity index (χ3n) is 3.16. The number of aliphatic carboxylic acids is 1. The van der Waals surface area contributed by atoms with Crippen LogP contribution in [0.4, 0.5) is 0 Å². The first-order valence-electron chi connectivity index (χ1n) is 6.87. The van der Waals surface area contributed by atoms with Gasteiger partial charge in [0.2, 0.25) is 10.0 Å². The standard InChI is InChI=1S/C14H20N2O5S/c1-4-16(5-2)13(17)11-6-8-12(9-7-11)22(20,21)15-10(3)14(18)19/h6-10,15H,4-5H2,1-3H3,(H,18,19)/t10-/m1/s1. The van der Waals surface area contributed by atoms with Crippen molar-refractivity contribution in [2.24, 2.45) is 0 Å². The number of benzene rings is 1. The summed E-state index contributed by atoms with van der Waals surface area (Å²) in [5.41, 5.74) is 0.383. The molecule has 2 N–H and O–H groups in total. The number of carboxylic acids is 1. The summed E-state index contributed by atoms with van der Waals surface area (Å²) in [5.74, 6) is -1.45. The van der Waals surface area contributed by atoms with Gasteiger partial charge in [-0.2, -0.15) is 4.72 Å². The van der Waals surface area contributed by atoms with E-state index in [2.05, 4.69) is 0 Å². The van der Waals surface area contributed by atoms with Crippen LogP contribution in [0, 0.1) is 0 Å². The number of nitrogens with zero attached hydrogens (tertiary/aromatic N) is 1. The number of amides is 1. The Bertz CT molecular complexity index is 636. The van der Waals surface area contributed by atoms with Gasteiger partial charge in [-0.1, -0.05) is 0 Å². The van der Waals surface area contributed by atoms with Crippen LogP contribution in [-0.4, -0.2) is 49.4 Å². The fourth-order valence-corrected chi connectivity index (χ4v) is 3.02. The van der Waals surface area contributed by atoms with Gasteiger partial charge in [0.05, 0.1) is 4.90 Å². The summed E-state index contributed by atoms with van der Waals surface area (Å²) in [4.78, 5) is 24.4. The lowest BCUT2D eigenvalue weighted by Crippen LogP contribution is -2.38. The van der Waals surface area contributed by atoms with Crippen molar-refractivity contribution >= 4 is 21.9 Å². The van der Waals surface area contributed by atoms with Gasteiger partial charge in [0.15, 0.2) is 0 Å². The van der Waals surface area contributed by atoms with E-state index in [1.54, 1.807) is 4.90 Å². The van der Waals surface area contributed by atoms with Crippen molar-refractivity contribution in [2.45, 2.75) is 31.7 Å². The number of hydrogen-bond donors (Lipinski definition) is 2. The summed E-state index contributed by atoms with van der Waals surface area (Å²) < 4.78 is 26.1. The molecule has 0 aliphatic carbocycles. The number of carbonyl (C=O) groups is 2. The third-order valence-corrected chi connectivity index (χ3v) is 4.72. The lowest BCUT2D eigenvalue weighted by molar-refractivity contribution is -0.138. The predicted octanol–water partition coefficient (Wildman–Crippen LogP) is 0.920. The number of hydrogen-bond acceptors (Lipinski definition) is 4. The van der Waals surface area contributed by atoms with Crippen molar-refractivity contribution in [1.29, 1.82) is 0 Å². The van der Waals surface area contributed by atoms with Gasteiger partial charge in [0, 0.05) is 18.7 Å². The van der Waals surface area contributed by atoms with Gasteiger partial charge in [0.1, 0.15) is 6.04 Å². The molecule has 0 aromatic heterocycles. The summed E-state index contributed by atoms with van der Waals surface area (Å²) >= 11 is 0. The molecule has 7 nitrogen and oxygen atoms in total. The zero-order chi connectivity index (χ0) is 16.9. The molecule has 0 fully saturated rings. The quantitative estimate of drug-likeness (QED) is 0.774. The topological polar surface area (TPSA) is 104 Å². The first-order chi connectivity index (χ1) is 10.2. The Labute approximate surface area is 130 Å². The Morgan fingerprint density at radius 2 is 1.68 bits per heavy atom. The van der Waals surface area contributed by atoms with Gasteiger partial charge >= 0.3 is 5.97 Å². The van der Waals surface area contributed by atoms with Crippen LogP contribution in [0.5, 0.6) is 0 Å². The summed E-state index contributed by atoms with van der Waals surface area (Å²) in [6.07, 6.45) is 0. The Kier molecular flexibility index (Phi) is 6.07. The molecule has 0 saturated carbocycles. The molecule has 0 spiro atoms.